The molecule has 0 saturated carbocycles. The minimum Gasteiger partial charge on any atom is -0.640 e. The van der Waals surface area contributed by atoms with Crippen molar-refractivity contribution in [3.05, 3.63) is 52.2 Å². The smallest absolute Gasteiger partial charge is 0.223 e. The Bertz CT molecular complexity index is 1130. The van der Waals surface area contributed by atoms with Gasteiger partial charge in [0.15, 0.2) is 13.1 Å². The number of fused-ring (bicyclic) bond motifs is 1. The molecule has 0 radical (unpaired) electrons. The van der Waals surface area contributed by atoms with Crippen LogP contribution in [-0.4, -0.2) is 35.2 Å². The van der Waals surface area contributed by atoms with Gasteiger partial charge in [-0.15, -0.1) is 11.3 Å². The van der Waals surface area contributed by atoms with E-state index in [0.717, 1.165) is 17.5 Å². The van der Waals surface area contributed by atoms with E-state index in [9.17, 15) is 19.5 Å². The number of hydrogen-bond donors (Lipinski definition) is 2. The summed E-state index contributed by atoms with van der Waals surface area (Å²) < 4.78 is 0.697. The number of carbonyl (C=O) groups excluding carboxylic acids is 1. The number of rotatable bonds is 4. The topological polar surface area (TPSA) is 143 Å². The zero-order chi connectivity index (χ0) is 18.5. The van der Waals surface area contributed by atoms with Gasteiger partial charge >= 0.3 is 0 Å². The highest BCUT2D eigenvalue weighted by Crippen LogP contribution is 2.41. The third kappa shape index (κ3) is 2.83. The number of ketones is 1. The molecule has 11 heteroatoms. The average Bonchev–Trinajstić information content (AvgIpc) is 3.31. The number of aryl methyl sites for hydroxylation is 1. The number of H-pyrrole nitrogens is 1. The van der Waals surface area contributed by atoms with Crippen LogP contribution in [0.15, 0.2) is 35.8 Å². The van der Waals surface area contributed by atoms with Gasteiger partial charge in [-0.2, -0.15) is 5.10 Å². The molecular formula is C15H11N5O4PS-. The van der Waals surface area contributed by atoms with Crippen LogP contribution in [0.25, 0.3) is 22.4 Å². The molecule has 4 rings (SSSR count). The van der Waals surface area contributed by atoms with Crippen LogP contribution in [0.3, 0.4) is 0 Å². The highest BCUT2D eigenvalue weighted by Gasteiger charge is 2.24. The van der Waals surface area contributed by atoms with Crippen molar-refractivity contribution in [1.29, 1.82) is 0 Å². The molecule has 0 atom stereocenters. The van der Waals surface area contributed by atoms with Crippen molar-refractivity contribution in [3.63, 3.8) is 0 Å². The second-order valence-corrected chi connectivity index (χ2v) is 7.78. The predicted molar refractivity (Wildman–Crippen MR) is 92.1 cm³/mol. The number of para-hydroxylation sites is 1. The van der Waals surface area contributed by atoms with E-state index in [0.29, 0.717) is 27.1 Å². The Labute approximate surface area is 151 Å². The SMILES string of the molecule is Cc1nc(-c2csc(C(=O)c3cn([P+]([O-])([O-])O)c4ccccc34)n2)n[nH]1. The fourth-order valence-corrected chi connectivity index (χ4v) is 4.06. The molecule has 0 aliphatic carbocycles. The summed E-state index contributed by atoms with van der Waals surface area (Å²) in [6.07, 6.45) is 1.11. The molecule has 0 spiro atoms. The molecule has 9 nitrogen and oxygen atoms in total. The number of carbonyl (C=O) groups is 1. The van der Waals surface area contributed by atoms with Crippen LogP contribution in [-0.2, 0) is 0 Å². The van der Waals surface area contributed by atoms with Gasteiger partial charge in [0.1, 0.15) is 11.5 Å². The van der Waals surface area contributed by atoms with Crippen LogP contribution in [0, 0.1) is 6.92 Å². The number of benzene rings is 1. The zero-order valence-corrected chi connectivity index (χ0v) is 15.0. The lowest BCUT2D eigenvalue weighted by Gasteiger charge is -2.28. The maximum Gasteiger partial charge on any atom is 0.223 e. The van der Waals surface area contributed by atoms with Gasteiger partial charge in [0.2, 0.25) is 11.6 Å². The minimum atomic E-state index is -4.84. The van der Waals surface area contributed by atoms with E-state index in [1.807, 2.05) is 0 Å². The van der Waals surface area contributed by atoms with Gasteiger partial charge < -0.3 is 9.79 Å². The predicted octanol–water partition coefficient (Wildman–Crippen LogP) is 0.661. The molecule has 132 valence electrons. The Morgan fingerprint density at radius 1 is 1.31 bits per heavy atom. The third-order valence-corrected chi connectivity index (χ3v) is 5.45. The van der Waals surface area contributed by atoms with Crippen molar-refractivity contribution in [2.24, 2.45) is 0 Å². The molecular weight excluding hydrogens is 377 g/mol. The summed E-state index contributed by atoms with van der Waals surface area (Å²) in [6, 6.07) is 6.43. The van der Waals surface area contributed by atoms with Crippen molar-refractivity contribution in [2.75, 3.05) is 0 Å². The minimum absolute atomic E-state index is 0.137. The van der Waals surface area contributed by atoms with E-state index in [4.69, 9.17) is 0 Å². The van der Waals surface area contributed by atoms with Crippen molar-refractivity contribution < 1.29 is 19.5 Å². The summed E-state index contributed by atoms with van der Waals surface area (Å²) in [4.78, 5) is 53.9. The van der Waals surface area contributed by atoms with Gasteiger partial charge in [-0.1, -0.05) is 18.2 Å². The standard InChI is InChI=1S/C15H12N5O4PS/c1-8-16-14(19-18-8)11-7-26-15(17-11)13(21)10-6-20(25(22,23)24)12-5-3-2-4-9(10)12/h2-7H,1H3,(H,16,18,19)(H2,22,23,24)/p-1. The first kappa shape index (κ1) is 17.0. The molecule has 0 amide bonds. The van der Waals surface area contributed by atoms with E-state index >= 15 is 0 Å². The van der Waals surface area contributed by atoms with E-state index in [-0.39, 0.29) is 16.1 Å². The Morgan fingerprint density at radius 2 is 2.08 bits per heavy atom. The van der Waals surface area contributed by atoms with Crippen molar-refractivity contribution in [2.45, 2.75) is 6.92 Å². The zero-order valence-electron chi connectivity index (χ0n) is 13.3. The molecule has 0 aliphatic heterocycles. The number of hydrogen-bond acceptors (Lipinski definition) is 8. The number of aromatic nitrogens is 5. The molecule has 0 saturated heterocycles. The van der Waals surface area contributed by atoms with E-state index in [1.165, 1.54) is 6.07 Å². The quantitative estimate of drug-likeness (QED) is 0.386. The van der Waals surface area contributed by atoms with Gasteiger partial charge in [-0.3, -0.25) is 9.89 Å². The van der Waals surface area contributed by atoms with Crippen LogP contribution in [0.4, 0.5) is 0 Å². The molecule has 3 aromatic heterocycles. The molecule has 26 heavy (non-hydrogen) atoms. The molecule has 1 aromatic carbocycles. The summed E-state index contributed by atoms with van der Waals surface area (Å²) in [5.74, 6) is 0.551. The van der Waals surface area contributed by atoms with Crippen LogP contribution < -0.4 is 9.79 Å². The molecule has 0 unspecified atom stereocenters. The molecule has 2 N–H and O–H groups in total. The molecule has 4 aromatic rings. The Morgan fingerprint density at radius 3 is 2.77 bits per heavy atom. The van der Waals surface area contributed by atoms with E-state index in [1.54, 1.807) is 30.5 Å². The van der Waals surface area contributed by atoms with Crippen LogP contribution in [0.5, 0.6) is 0 Å². The Hall–Kier alpha value is -2.49. The average molecular weight is 388 g/mol. The molecule has 3 heterocycles. The summed E-state index contributed by atoms with van der Waals surface area (Å²) in [7, 11) is -4.84. The van der Waals surface area contributed by atoms with Gasteiger partial charge in [-0.05, 0) is 13.0 Å². The summed E-state index contributed by atoms with van der Waals surface area (Å²) in [6.45, 7) is 1.75. The summed E-state index contributed by atoms with van der Waals surface area (Å²) >= 11 is 1.11. The fourth-order valence-electron chi connectivity index (χ4n) is 2.61. The Balaban J connectivity index is 1.79. The normalized spacial score (nSPS) is 12.0. The van der Waals surface area contributed by atoms with E-state index in [2.05, 4.69) is 20.2 Å². The maximum atomic E-state index is 12.9. The number of aromatic amines is 1. The van der Waals surface area contributed by atoms with Gasteiger partial charge in [0.25, 0.3) is 0 Å². The Kier molecular flexibility index (Phi) is 3.94. The second-order valence-electron chi connectivity index (χ2n) is 5.51. The summed E-state index contributed by atoms with van der Waals surface area (Å²) in [5.41, 5.74) is 0.805. The second kappa shape index (κ2) is 6.04. The summed E-state index contributed by atoms with van der Waals surface area (Å²) in [5, 5.41) is 8.94. The van der Waals surface area contributed by atoms with Gasteiger partial charge in [-0.25, -0.2) is 19.2 Å². The lowest BCUT2D eigenvalue weighted by Crippen LogP contribution is -2.27. The van der Waals surface area contributed by atoms with Crippen LogP contribution in [0.1, 0.15) is 21.2 Å². The van der Waals surface area contributed by atoms with Gasteiger partial charge in [0, 0.05) is 10.8 Å². The van der Waals surface area contributed by atoms with E-state index < -0.39 is 13.9 Å². The first-order chi connectivity index (χ1) is 12.3. The highest BCUT2D eigenvalue weighted by atomic mass is 32.1. The van der Waals surface area contributed by atoms with Crippen molar-refractivity contribution in [3.8, 4) is 11.5 Å². The number of nitrogens with zero attached hydrogens (tertiary/aromatic N) is 4. The molecule has 0 aliphatic rings. The van der Waals surface area contributed by atoms with Crippen LogP contribution >= 0.6 is 19.4 Å². The fraction of sp³-hybridized carbons (Fsp3) is 0.0667. The van der Waals surface area contributed by atoms with Crippen LogP contribution in [0.2, 0.25) is 0 Å². The lowest BCUT2D eigenvalue weighted by molar-refractivity contribution is -0.335. The van der Waals surface area contributed by atoms with Crippen molar-refractivity contribution >= 4 is 36.1 Å². The lowest BCUT2D eigenvalue weighted by atomic mass is 10.1. The molecule has 0 fully saturated rings. The first-order valence-corrected chi connectivity index (χ1v) is 9.80. The van der Waals surface area contributed by atoms with Crippen molar-refractivity contribution in [1.82, 2.24) is 24.5 Å². The largest absolute Gasteiger partial charge is 0.640 e. The first-order valence-electron chi connectivity index (χ1n) is 7.39. The maximum absolute atomic E-state index is 12.9. The number of nitrogens with one attached hydrogen (secondary N) is 1. The van der Waals surface area contributed by atoms with Gasteiger partial charge in [0.05, 0.1) is 17.3 Å². The highest BCUT2D eigenvalue weighted by molar-refractivity contribution is 7.54. The number of thiazole rings is 1. The molecule has 0 bridgehead atoms. The third-order valence-electron chi connectivity index (χ3n) is 3.73. The monoisotopic (exact) mass is 388 g/mol.